The molecule has 0 saturated heterocycles. The lowest BCUT2D eigenvalue weighted by Crippen LogP contribution is -1.87. The number of nitrogens with zero attached hydrogens (tertiary/aromatic N) is 1. The Bertz CT molecular complexity index is 442. The fourth-order valence-corrected chi connectivity index (χ4v) is 1.41. The zero-order valence-corrected chi connectivity index (χ0v) is 7.88. The number of methoxy groups -OCH3 is 1. The smallest absolute Gasteiger partial charge is 0.145 e. The highest BCUT2D eigenvalue weighted by atomic mass is 35.5. The van der Waals surface area contributed by atoms with Crippen LogP contribution < -0.4 is 4.74 Å². The predicted molar refractivity (Wildman–Crippen MR) is 53.3 cm³/mol. The largest absolute Gasteiger partial charge is 0.494 e. The highest BCUT2D eigenvalue weighted by Crippen LogP contribution is 2.24. The Kier molecular flexibility index (Phi) is 2.07. The number of rotatable bonds is 1. The topological polar surface area (TPSA) is 22.1 Å². The van der Waals surface area contributed by atoms with E-state index < -0.39 is 0 Å². The van der Waals surface area contributed by atoms with Gasteiger partial charge in [0.15, 0.2) is 0 Å². The van der Waals surface area contributed by atoms with Crippen LogP contribution in [0.3, 0.4) is 0 Å². The average molecular weight is 194 g/mol. The summed E-state index contributed by atoms with van der Waals surface area (Å²) in [5, 5.41) is 1.51. The summed E-state index contributed by atoms with van der Waals surface area (Å²) in [6, 6.07) is 9.46. The first-order chi connectivity index (χ1) is 6.31. The molecule has 13 heavy (non-hydrogen) atoms. The fraction of sp³-hybridized carbons (Fsp3) is 0.100. The van der Waals surface area contributed by atoms with E-state index in [1.54, 1.807) is 13.2 Å². The van der Waals surface area contributed by atoms with Gasteiger partial charge < -0.3 is 4.74 Å². The van der Waals surface area contributed by atoms with Crippen LogP contribution in [0.5, 0.6) is 5.75 Å². The van der Waals surface area contributed by atoms with E-state index in [9.17, 15) is 0 Å². The second-order valence-corrected chi connectivity index (χ2v) is 3.05. The number of hydrogen-bond donors (Lipinski definition) is 0. The van der Waals surface area contributed by atoms with Crippen molar-refractivity contribution in [1.82, 2.24) is 4.98 Å². The molecule has 0 fully saturated rings. The van der Waals surface area contributed by atoms with Crippen LogP contribution in [0, 0.1) is 0 Å². The fourth-order valence-electron chi connectivity index (χ4n) is 1.26. The van der Waals surface area contributed by atoms with Gasteiger partial charge in [-0.3, -0.25) is 0 Å². The van der Waals surface area contributed by atoms with Gasteiger partial charge >= 0.3 is 0 Å². The highest BCUT2D eigenvalue weighted by Gasteiger charge is 2.01. The standard InChI is InChI=1S/C10H8ClNO/c1-13-8-4-2-3-7-5-6-9(11)12-10(7)8/h2-6H,1H3. The Morgan fingerprint density at radius 2 is 2.08 bits per heavy atom. The molecule has 0 aliphatic carbocycles. The monoisotopic (exact) mass is 193 g/mol. The number of hydrogen-bond acceptors (Lipinski definition) is 2. The van der Waals surface area contributed by atoms with Crippen LogP contribution in [0.1, 0.15) is 0 Å². The molecule has 0 bridgehead atoms. The third-order valence-corrected chi connectivity index (χ3v) is 2.08. The lowest BCUT2D eigenvalue weighted by atomic mass is 10.2. The summed E-state index contributed by atoms with van der Waals surface area (Å²) in [6.45, 7) is 0. The normalized spacial score (nSPS) is 10.3. The summed E-state index contributed by atoms with van der Waals surface area (Å²) >= 11 is 5.78. The summed E-state index contributed by atoms with van der Waals surface area (Å²) in [7, 11) is 1.62. The van der Waals surface area contributed by atoms with Crippen molar-refractivity contribution >= 4 is 22.5 Å². The molecule has 0 saturated carbocycles. The molecule has 66 valence electrons. The Balaban J connectivity index is 2.79. The molecule has 0 N–H and O–H groups in total. The Labute approximate surface area is 81.1 Å². The van der Waals surface area contributed by atoms with Gasteiger partial charge in [-0.25, -0.2) is 4.98 Å². The van der Waals surface area contributed by atoms with Crippen LogP contribution in [-0.4, -0.2) is 12.1 Å². The van der Waals surface area contributed by atoms with Gasteiger partial charge in [0.25, 0.3) is 0 Å². The van der Waals surface area contributed by atoms with Gasteiger partial charge in [0.2, 0.25) is 0 Å². The molecule has 2 nitrogen and oxygen atoms in total. The van der Waals surface area contributed by atoms with E-state index in [4.69, 9.17) is 16.3 Å². The number of fused-ring (bicyclic) bond motifs is 1. The SMILES string of the molecule is COc1cccc2ccc(Cl)nc12. The van der Waals surface area contributed by atoms with Gasteiger partial charge in [0.05, 0.1) is 7.11 Å². The minimum atomic E-state index is 0.483. The van der Waals surface area contributed by atoms with E-state index in [0.717, 1.165) is 16.7 Å². The number of aromatic nitrogens is 1. The molecular weight excluding hydrogens is 186 g/mol. The summed E-state index contributed by atoms with van der Waals surface area (Å²) in [5.41, 5.74) is 0.803. The molecular formula is C10H8ClNO. The maximum atomic E-state index is 5.78. The molecule has 0 unspecified atom stereocenters. The van der Waals surface area contributed by atoms with Crippen LogP contribution in [0.4, 0.5) is 0 Å². The zero-order valence-electron chi connectivity index (χ0n) is 7.12. The van der Waals surface area contributed by atoms with Crippen LogP contribution in [0.2, 0.25) is 5.15 Å². The van der Waals surface area contributed by atoms with Crippen molar-refractivity contribution in [2.75, 3.05) is 7.11 Å². The number of para-hydroxylation sites is 1. The van der Waals surface area contributed by atoms with E-state index in [1.807, 2.05) is 24.3 Å². The summed E-state index contributed by atoms with van der Waals surface area (Å²) in [6.07, 6.45) is 0. The number of ether oxygens (including phenoxy) is 1. The van der Waals surface area contributed by atoms with E-state index in [0.29, 0.717) is 5.15 Å². The van der Waals surface area contributed by atoms with Crippen LogP contribution in [0.25, 0.3) is 10.9 Å². The van der Waals surface area contributed by atoms with Gasteiger partial charge in [0, 0.05) is 5.39 Å². The molecule has 2 rings (SSSR count). The molecule has 0 aliphatic rings. The van der Waals surface area contributed by atoms with Crippen LogP contribution >= 0.6 is 11.6 Å². The molecule has 1 aromatic heterocycles. The first kappa shape index (κ1) is 8.32. The van der Waals surface area contributed by atoms with Gasteiger partial charge in [0.1, 0.15) is 16.4 Å². The van der Waals surface area contributed by atoms with Crippen molar-refractivity contribution in [3.8, 4) is 5.75 Å². The number of benzene rings is 1. The van der Waals surface area contributed by atoms with E-state index in [2.05, 4.69) is 4.98 Å². The molecule has 0 atom stereocenters. The molecule has 1 aromatic carbocycles. The minimum Gasteiger partial charge on any atom is -0.494 e. The van der Waals surface area contributed by atoms with Gasteiger partial charge in [-0.15, -0.1) is 0 Å². The van der Waals surface area contributed by atoms with Crippen molar-refractivity contribution < 1.29 is 4.74 Å². The predicted octanol–water partition coefficient (Wildman–Crippen LogP) is 2.90. The maximum absolute atomic E-state index is 5.78. The summed E-state index contributed by atoms with van der Waals surface area (Å²) in [4.78, 5) is 4.19. The summed E-state index contributed by atoms with van der Waals surface area (Å²) in [5.74, 6) is 0.750. The Morgan fingerprint density at radius 3 is 2.85 bits per heavy atom. The second-order valence-electron chi connectivity index (χ2n) is 2.67. The summed E-state index contributed by atoms with van der Waals surface area (Å²) < 4.78 is 5.16. The average Bonchev–Trinajstić information content (AvgIpc) is 2.17. The Morgan fingerprint density at radius 1 is 1.23 bits per heavy atom. The molecule has 0 spiro atoms. The first-order valence-corrected chi connectivity index (χ1v) is 4.28. The number of halogens is 1. The molecule has 0 radical (unpaired) electrons. The number of pyridine rings is 1. The third-order valence-electron chi connectivity index (χ3n) is 1.87. The van der Waals surface area contributed by atoms with Crippen LogP contribution in [-0.2, 0) is 0 Å². The highest BCUT2D eigenvalue weighted by molar-refractivity contribution is 6.29. The molecule has 0 aliphatic heterocycles. The van der Waals surface area contributed by atoms with Crippen molar-refractivity contribution in [3.63, 3.8) is 0 Å². The van der Waals surface area contributed by atoms with Crippen molar-refractivity contribution in [2.24, 2.45) is 0 Å². The Hall–Kier alpha value is -1.28. The zero-order chi connectivity index (χ0) is 9.26. The van der Waals surface area contributed by atoms with Gasteiger partial charge in [-0.1, -0.05) is 23.7 Å². The molecule has 0 amide bonds. The molecule has 2 aromatic rings. The molecule has 3 heteroatoms. The van der Waals surface area contributed by atoms with Crippen LogP contribution in [0.15, 0.2) is 30.3 Å². The van der Waals surface area contributed by atoms with Crippen molar-refractivity contribution in [3.05, 3.63) is 35.5 Å². The quantitative estimate of drug-likeness (QED) is 0.650. The third kappa shape index (κ3) is 1.45. The van der Waals surface area contributed by atoms with Gasteiger partial charge in [-0.05, 0) is 18.2 Å². The maximum Gasteiger partial charge on any atom is 0.145 e. The van der Waals surface area contributed by atoms with E-state index >= 15 is 0 Å². The minimum absolute atomic E-state index is 0.483. The van der Waals surface area contributed by atoms with E-state index in [-0.39, 0.29) is 0 Å². The van der Waals surface area contributed by atoms with Gasteiger partial charge in [-0.2, -0.15) is 0 Å². The van der Waals surface area contributed by atoms with Crippen molar-refractivity contribution in [2.45, 2.75) is 0 Å². The second kappa shape index (κ2) is 3.23. The van der Waals surface area contributed by atoms with E-state index in [1.165, 1.54) is 0 Å². The first-order valence-electron chi connectivity index (χ1n) is 3.90. The molecule has 1 heterocycles. The lowest BCUT2D eigenvalue weighted by Gasteiger charge is -2.03. The van der Waals surface area contributed by atoms with Crippen molar-refractivity contribution in [1.29, 1.82) is 0 Å². The lowest BCUT2D eigenvalue weighted by molar-refractivity contribution is 0.419.